The minimum atomic E-state index is -1.92. The zero-order chi connectivity index (χ0) is 20.4. The van der Waals surface area contributed by atoms with E-state index in [2.05, 4.69) is 136 Å². The summed E-state index contributed by atoms with van der Waals surface area (Å²) in [6, 6.07) is 41.6. The second kappa shape index (κ2) is 8.22. The van der Waals surface area contributed by atoms with Gasteiger partial charge in [-0.2, -0.15) is 0 Å². The average molecular weight is 471 g/mol. The molecule has 0 unspecified atom stereocenters. The van der Waals surface area contributed by atoms with E-state index in [-0.39, 0.29) is 0 Å². The number of H-pyrrole nitrogens is 1. The molecule has 0 saturated heterocycles. The summed E-state index contributed by atoms with van der Waals surface area (Å²) in [5, 5.41) is 5.42. The molecule has 1 nitrogen and oxygen atoms in total. The zero-order valence-electron chi connectivity index (χ0n) is 16.5. The van der Waals surface area contributed by atoms with Crippen LogP contribution in [0.25, 0.3) is 10.9 Å². The summed E-state index contributed by atoms with van der Waals surface area (Å²) in [5.74, 6) is 0. The van der Waals surface area contributed by atoms with Gasteiger partial charge in [0, 0.05) is 15.4 Å². The monoisotopic (exact) mass is 470 g/mol. The fraction of sp³-hybridized carbons (Fsp3) is 0.0370. The standard InChI is InChI=1S/C27H22BrNP/c28-27-24-18-10-11-19-25(24)29-26(27)20-30(21-12-4-1-5-13-21,22-14-6-2-7-15-22)23-16-8-3-9-17-23/h1-19,29H,20H2/q+1. The summed E-state index contributed by atoms with van der Waals surface area (Å²) in [6.45, 7) is 0. The first-order chi connectivity index (χ1) is 14.8. The molecule has 1 aromatic heterocycles. The van der Waals surface area contributed by atoms with Gasteiger partial charge in [0.1, 0.15) is 29.3 Å². The molecule has 1 heterocycles. The van der Waals surface area contributed by atoms with Crippen molar-refractivity contribution in [2.75, 3.05) is 0 Å². The molecule has 5 rings (SSSR count). The van der Waals surface area contributed by atoms with E-state index >= 15 is 0 Å². The molecule has 0 saturated carbocycles. The largest absolute Gasteiger partial charge is 0.354 e. The van der Waals surface area contributed by atoms with Crippen LogP contribution in [0.4, 0.5) is 0 Å². The van der Waals surface area contributed by atoms with E-state index in [4.69, 9.17) is 0 Å². The van der Waals surface area contributed by atoms with Gasteiger partial charge in [0.15, 0.2) is 0 Å². The van der Waals surface area contributed by atoms with Crippen molar-refractivity contribution in [2.24, 2.45) is 0 Å². The number of aromatic amines is 1. The van der Waals surface area contributed by atoms with Gasteiger partial charge in [0.25, 0.3) is 0 Å². The number of rotatable bonds is 5. The Kier molecular flexibility index (Phi) is 5.29. The molecule has 0 amide bonds. The van der Waals surface area contributed by atoms with Crippen molar-refractivity contribution in [3.8, 4) is 0 Å². The highest BCUT2D eigenvalue weighted by atomic mass is 79.9. The molecule has 146 valence electrons. The Balaban J connectivity index is 1.80. The Morgan fingerprint density at radius 3 is 1.47 bits per heavy atom. The first-order valence-electron chi connectivity index (χ1n) is 10.1. The van der Waals surface area contributed by atoms with Crippen LogP contribution in [0.1, 0.15) is 5.69 Å². The van der Waals surface area contributed by atoms with E-state index in [0.29, 0.717) is 0 Å². The predicted molar refractivity (Wildman–Crippen MR) is 135 cm³/mol. The SMILES string of the molecule is Brc1c(C[P+](c2ccccc2)(c2ccccc2)c2ccccc2)[nH]c2ccccc12. The molecule has 30 heavy (non-hydrogen) atoms. The maximum Gasteiger partial charge on any atom is 0.118 e. The lowest BCUT2D eigenvalue weighted by molar-refractivity contribution is 1.23. The van der Waals surface area contributed by atoms with E-state index in [1.54, 1.807) is 0 Å². The first-order valence-corrected chi connectivity index (χ1v) is 12.9. The first kappa shape index (κ1) is 19.3. The number of nitrogens with one attached hydrogen (secondary N) is 1. The highest BCUT2D eigenvalue weighted by molar-refractivity contribution is 9.10. The smallest absolute Gasteiger partial charge is 0.118 e. The maximum absolute atomic E-state index is 3.91. The van der Waals surface area contributed by atoms with Gasteiger partial charge in [-0.25, -0.2) is 0 Å². The van der Waals surface area contributed by atoms with Crippen molar-refractivity contribution in [3.63, 3.8) is 0 Å². The van der Waals surface area contributed by atoms with Crippen LogP contribution in [0.5, 0.6) is 0 Å². The third kappa shape index (κ3) is 3.31. The van der Waals surface area contributed by atoms with Crippen LogP contribution >= 0.6 is 23.2 Å². The van der Waals surface area contributed by atoms with Gasteiger partial charge in [0.2, 0.25) is 0 Å². The Labute approximate surface area is 186 Å². The van der Waals surface area contributed by atoms with Crippen LogP contribution in [0, 0.1) is 0 Å². The molecule has 4 aromatic carbocycles. The molecule has 0 atom stereocenters. The van der Waals surface area contributed by atoms with E-state index < -0.39 is 7.26 Å². The lowest BCUT2D eigenvalue weighted by atomic mass is 10.2. The van der Waals surface area contributed by atoms with Crippen molar-refractivity contribution < 1.29 is 0 Å². The number of aromatic nitrogens is 1. The molecule has 0 spiro atoms. The summed E-state index contributed by atoms with van der Waals surface area (Å²) in [5.41, 5.74) is 2.42. The zero-order valence-corrected chi connectivity index (χ0v) is 19.0. The van der Waals surface area contributed by atoms with Crippen molar-refractivity contribution in [3.05, 3.63) is 125 Å². The molecule has 5 aromatic rings. The fourth-order valence-corrected chi connectivity index (χ4v) is 9.28. The van der Waals surface area contributed by atoms with Crippen molar-refractivity contribution in [2.45, 2.75) is 6.16 Å². The van der Waals surface area contributed by atoms with Crippen molar-refractivity contribution in [1.29, 1.82) is 0 Å². The van der Waals surface area contributed by atoms with Crippen LogP contribution in [-0.4, -0.2) is 4.98 Å². The molecule has 0 fully saturated rings. The minimum absolute atomic E-state index is 0.931. The Hall–Kier alpha value is -2.67. The molecular weight excluding hydrogens is 449 g/mol. The average Bonchev–Trinajstić information content (AvgIpc) is 3.14. The van der Waals surface area contributed by atoms with Gasteiger partial charge in [-0.05, 0) is 58.4 Å². The minimum Gasteiger partial charge on any atom is -0.354 e. The van der Waals surface area contributed by atoms with Crippen LogP contribution in [0.15, 0.2) is 120 Å². The third-order valence-electron chi connectivity index (χ3n) is 5.70. The van der Waals surface area contributed by atoms with Gasteiger partial charge in [-0.15, -0.1) is 0 Å². The summed E-state index contributed by atoms with van der Waals surface area (Å²) in [4.78, 5) is 3.71. The molecular formula is C27H22BrNP+. The molecule has 0 radical (unpaired) electrons. The lowest BCUT2D eigenvalue weighted by Gasteiger charge is -2.27. The van der Waals surface area contributed by atoms with Crippen LogP contribution in [0.2, 0.25) is 0 Å². The quantitative estimate of drug-likeness (QED) is 0.285. The summed E-state index contributed by atoms with van der Waals surface area (Å²) >= 11 is 3.91. The number of hydrogen-bond acceptors (Lipinski definition) is 0. The van der Waals surface area contributed by atoms with Crippen molar-refractivity contribution >= 4 is 50.0 Å². The summed E-state index contributed by atoms with van der Waals surface area (Å²) < 4.78 is 1.17. The van der Waals surface area contributed by atoms with Gasteiger partial charge in [-0.1, -0.05) is 72.8 Å². The Morgan fingerprint density at radius 1 is 0.567 bits per heavy atom. The van der Waals surface area contributed by atoms with E-state index in [0.717, 1.165) is 6.16 Å². The normalized spacial score (nSPS) is 11.6. The van der Waals surface area contributed by atoms with Gasteiger partial charge < -0.3 is 4.98 Å². The second-order valence-electron chi connectivity index (χ2n) is 7.44. The maximum atomic E-state index is 3.91. The number of para-hydroxylation sites is 1. The summed E-state index contributed by atoms with van der Waals surface area (Å²) in [7, 11) is -1.92. The molecule has 1 N–H and O–H groups in total. The number of fused-ring (bicyclic) bond motifs is 1. The van der Waals surface area contributed by atoms with E-state index in [1.807, 2.05) is 0 Å². The number of hydrogen-bond donors (Lipinski definition) is 1. The van der Waals surface area contributed by atoms with E-state index in [9.17, 15) is 0 Å². The molecule has 0 bridgehead atoms. The Morgan fingerprint density at radius 2 is 1.00 bits per heavy atom. The Bertz CT molecular complexity index is 1170. The molecule has 3 heteroatoms. The topological polar surface area (TPSA) is 15.8 Å². The predicted octanol–water partition coefficient (Wildman–Crippen LogP) is 6.42. The highest BCUT2D eigenvalue weighted by Gasteiger charge is 2.46. The molecule has 0 aliphatic carbocycles. The van der Waals surface area contributed by atoms with Crippen LogP contribution < -0.4 is 15.9 Å². The lowest BCUT2D eigenvalue weighted by Crippen LogP contribution is -2.32. The van der Waals surface area contributed by atoms with Gasteiger partial charge in [0.05, 0.1) is 5.69 Å². The molecule has 0 aliphatic rings. The fourth-order valence-electron chi connectivity index (χ4n) is 4.28. The van der Waals surface area contributed by atoms with Crippen LogP contribution in [-0.2, 0) is 6.16 Å². The second-order valence-corrected chi connectivity index (χ2v) is 11.7. The van der Waals surface area contributed by atoms with Crippen molar-refractivity contribution in [1.82, 2.24) is 4.98 Å². The number of benzene rings is 4. The van der Waals surface area contributed by atoms with E-state index in [1.165, 1.54) is 37.0 Å². The van der Waals surface area contributed by atoms with Gasteiger partial charge in [-0.3, -0.25) is 0 Å². The third-order valence-corrected chi connectivity index (χ3v) is 10.9. The highest BCUT2D eigenvalue weighted by Crippen LogP contribution is 2.58. The van der Waals surface area contributed by atoms with Gasteiger partial charge >= 0.3 is 0 Å². The molecule has 0 aliphatic heterocycles. The number of halogens is 1. The van der Waals surface area contributed by atoms with Crippen LogP contribution in [0.3, 0.4) is 0 Å². The summed E-state index contributed by atoms with van der Waals surface area (Å²) in [6.07, 6.45) is 0.931.